The van der Waals surface area contributed by atoms with Crippen molar-refractivity contribution in [1.29, 1.82) is 0 Å². The van der Waals surface area contributed by atoms with E-state index in [-0.39, 0.29) is 0 Å². The highest BCUT2D eigenvalue weighted by Crippen LogP contribution is 2.29. The number of aryl methyl sites for hydroxylation is 1. The fourth-order valence-corrected chi connectivity index (χ4v) is 3.80. The predicted molar refractivity (Wildman–Crippen MR) is 86.9 cm³/mol. The lowest BCUT2D eigenvalue weighted by atomic mass is 9.90. The summed E-state index contributed by atoms with van der Waals surface area (Å²) in [6, 6.07) is 8.64. The molecule has 4 rings (SSSR count). The third-order valence-electron chi connectivity index (χ3n) is 5.04. The van der Waals surface area contributed by atoms with E-state index in [1.807, 2.05) is 18.2 Å². The Morgan fingerprint density at radius 3 is 3.00 bits per heavy atom. The van der Waals surface area contributed by atoms with Crippen LogP contribution in [0, 0.1) is 6.92 Å². The van der Waals surface area contributed by atoms with Crippen molar-refractivity contribution in [3.05, 3.63) is 35.7 Å². The van der Waals surface area contributed by atoms with Gasteiger partial charge in [0, 0.05) is 18.2 Å². The van der Waals surface area contributed by atoms with Crippen LogP contribution < -0.4 is 0 Å². The summed E-state index contributed by atoms with van der Waals surface area (Å²) < 4.78 is 11.4. The van der Waals surface area contributed by atoms with Gasteiger partial charge in [0.1, 0.15) is 0 Å². The molecule has 2 aliphatic rings. The van der Waals surface area contributed by atoms with E-state index in [2.05, 4.69) is 28.0 Å². The average molecular weight is 313 g/mol. The number of fused-ring (bicyclic) bond motifs is 1. The van der Waals surface area contributed by atoms with Gasteiger partial charge in [0.05, 0.1) is 19.3 Å². The molecule has 23 heavy (non-hydrogen) atoms. The normalized spacial score (nSPS) is 25.3. The molecule has 0 unspecified atom stereocenters. The number of morpholine rings is 1. The molecule has 5 heteroatoms. The van der Waals surface area contributed by atoms with Gasteiger partial charge in [-0.3, -0.25) is 4.90 Å². The fraction of sp³-hybridized carbons (Fsp3) is 0.556. The minimum Gasteiger partial charge on any atom is -0.375 e. The van der Waals surface area contributed by atoms with E-state index in [1.54, 1.807) is 0 Å². The van der Waals surface area contributed by atoms with E-state index in [4.69, 9.17) is 9.26 Å². The SMILES string of the molecule is Cc1ccccc1-c1noc(CN2CCO[C@H]3CCCC[C@@H]32)n1. The Labute approximate surface area is 136 Å². The quantitative estimate of drug-likeness (QED) is 0.871. The first-order valence-corrected chi connectivity index (χ1v) is 8.55. The van der Waals surface area contributed by atoms with E-state index in [9.17, 15) is 0 Å². The highest BCUT2D eigenvalue weighted by molar-refractivity contribution is 5.58. The van der Waals surface area contributed by atoms with Crippen molar-refractivity contribution >= 4 is 0 Å². The lowest BCUT2D eigenvalue weighted by Crippen LogP contribution is -2.52. The molecule has 1 aromatic heterocycles. The van der Waals surface area contributed by atoms with Crippen molar-refractivity contribution in [2.45, 2.75) is 51.3 Å². The van der Waals surface area contributed by atoms with Gasteiger partial charge in [0.2, 0.25) is 11.7 Å². The van der Waals surface area contributed by atoms with Crippen molar-refractivity contribution < 1.29 is 9.26 Å². The molecule has 0 radical (unpaired) electrons. The number of aromatic nitrogens is 2. The van der Waals surface area contributed by atoms with Crippen molar-refractivity contribution in [3.63, 3.8) is 0 Å². The van der Waals surface area contributed by atoms with Gasteiger partial charge in [-0.15, -0.1) is 0 Å². The van der Waals surface area contributed by atoms with E-state index < -0.39 is 0 Å². The lowest BCUT2D eigenvalue weighted by molar-refractivity contribution is -0.0933. The summed E-state index contributed by atoms with van der Waals surface area (Å²) in [5.74, 6) is 1.39. The molecule has 1 aliphatic carbocycles. The van der Waals surface area contributed by atoms with Crippen LogP contribution in [0.2, 0.25) is 0 Å². The van der Waals surface area contributed by atoms with Crippen LogP contribution in [-0.4, -0.2) is 40.3 Å². The molecule has 1 aromatic carbocycles. The van der Waals surface area contributed by atoms with Crippen LogP contribution in [0.25, 0.3) is 11.4 Å². The standard InChI is InChI=1S/C18H23N3O2/c1-13-6-2-3-7-14(13)18-19-17(23-20-18)12-21-10-11-22-16-9-5-4-8-15(16)21/h2-3,6-7,15-16H,4-5,8-12H2,1H3/t15-,16-/m0/s1. The minimum absolute atomic E-state index is 0.385. The van der Waals surface area contributed by atoms with Gasteiger partial charge >= 0.3 is 0 Å². The Kier molecular flexibility index (Phi) is 4.14. The van der Waals surface area contributed by atoms with Gasteiger partial charge in [-0.25, -0.2) is 0 Å². The van der Waals surface area contributed by atoms with Crippen LogP contribution in [0.5, 0.6) is 0 Å². The minimum atomic E-state index is 0.385. The molecule has 0 spiro atoms. The van der Waals surface area contributed by atoms with Crippen molar-refractivity contribution in [2.75, 3.05) is 13.2 Å². The van der Waals surface area contributed by atoms with Gasteiger partial charge in [0.25, 0.3) is 0 Å². The maximum atomic E-state index is 5.93. The van der Waals surface area contributed by atoms with Crippen molar-refractivity contribution in [1.82, 2.24) is 15.0 Å². The molecule has 1 aliphatic heterocycles. The molecule has 0 N–H and O–H groups in total. The molecule has 0 amide bonds. The summed E-state index contributed by atoms with van der Waals surface area (Å²) in [7, 11) is 0. The predicted octanol–water partition coefficient (Wildman–Crippen LogP) is 3.19. The molecule has 2 atom stereocenters. The van der Waals surface area contributed by atoms with Crippen LogP contribution in [0.1, 0.15) is 37.1 Å². The largest absolute Gasteiger partial charge is 0.375 e. The zero-order valence-electron chi connectivity index (χ0n) is 13.6. The van der Waals surface area contributed by atoms with E-state index in [1.165, 1.54) is 31.2 Å². The number of rotatable bonds is 3. The second kappa shape index (κ2) is 6.42. The van der Waals surface area contributed by atoms with E-state index in [0.29, 0.717) is 23.9 Å². The number of benzene rings is 1. The number of hydrogen-bond donors (Lipinski definition) is 0. The number of hydrogen-bond acceptors (Lipinski definition) is 5. The first-order chi connectivity index (χ1) is 11.3. The first-order valence-electron chi connectivity index (χ1n) is 8.55. The molecule has 2 fully saturated rings. The maximum absolute atomic E-state index is 5.93. The van der Waals surface area contributed by atoms with E-state index >= 15 is 0 Å². The summed E-state index contributed by atoms with van der Waals surface area (Å²) in [4.78, 5) is 7.07. The summed E-state index contributed by atoms with van der Waals surface area (Å²) in [5.41, 5.74) is 2.21. The molecule has 1 saturated heterocycles. The topological polar surface area (TPSA) is 51.4 Å². The summed E-state index contributed by atoms with van der Waals surface area (Å²) in [6.45, 7) is 4.55. The summed E-state index contributed by atoms with van der Waals surface area (Å²) >= 11 is 0. The van der Waals surface area contributed by atoms with Gasteiger partial charge in [-0.05, 0) is 25.3 Å². The molecule has 5 nitrogen and oxygen atoms in total. The van der Waals surface area contributed by atoms with Gasteiger partial charge in [0.15, 0.2) is 0 Å². The second-order valence-corrected chi connectivity index (χ2v) is 6.56. The lowest BCUT2D eigenvalue weighted by Gasteiger charge is -2.43. The van der Waals surface area contributed by atoms with Gasteiger partial charge in [-0.2, -0.15) is 4.98 Å². The van der Waals surface area contributed by atoms with Gasteiger partial charge < -0.3 is 9.26 Å². The molecular formula is C18H23N3O2. The molecular weight excluding hydrogens is 290 g/mol. The molecule has 122 valence electrons. The van der Waals surface area contributed by atoms with Crippen LogP contribution >= 0.6 is 0 Å². The molecule has 0 bridgehead atoms. The Morgan fingerprint density at radius 1 is 1.22 bits per heavy atom. The Balaban J connectivity index is 1.50. The Morgan fingerprint density at radius 2 is 2.09 bits per heavy atom. The number of nitrogens with zero attached hydrogens (tertiary/aromatic N) is 3. The maximum Gasteiger partial charge on any atom is 0.241 e. The third-order valence-corrected chi connectivity index (χ3v) is 5.04. The first kappa shape index (κ1) is 14.8. The van der Waals surface area contributed by atoms with Crippen molar-refractivity contribution in [2.24, 2.45) is 0 Å². The van der Waals surface area contributed by atoms with Crippen LogP contribution in [0.15, 0.2) is 28.8 Å². The highest BCUT2D eigenvalue weighted by Gasteiger charge is 2.34. The highest BCUT2D eigenvalue weighted by atomic mass is 16.5. The van der Waals surface area contributed by atoms with E-state index in [0.717, 1.165) is 25.3 Å². The van der Waals surface area contributed by atoms with Gasteiger partial charge in [-0.1, -0.05) is 42.3 Å². The molecule has 1 saturated carbocycles. The molecule has 2 aromatic rings. The zero-order valence-corrected chi connectivity index (χ0v) is 13.6. The monoisotopic (exact) mass is 313 g/mol. The average Bonchev–Trinajstić information content (AvgIpc) is 3.04. The smallest absolute Gasteiger partial charge is 0.241 e. The second-order valence-electron chi connectivity index (χ2n) is 6.56. The van der Waals surface area contributed by atoms with Crippen molar-refractivity contribution in [3.8, 4) is 11.4 Å². The van der Waals surface area contributed by atoms with Crippen LogP contribution in [0.4, 0.5) is 0 Å². The summed E-state index contributed by atoms with van der Waals surface area (Å²) in [6.07, 6.45) is 5.35. The van der Waals surface area contributed by atoms with Crippen LogP contribution in [0.3, 0.4) is 0 Å². The fourth-order valence-electron chi connectivity index (χ4n) is 3.80. The third kappa shape index (κ3) is 3.03. The Bertz CT molecular complexity index is 668. The number of ether oxygens (including phenoxy) is 1. The zero-order chi connectivity index (χ0) is 15.6. The Hall–Kier alpha value is -1.72. The molecule has 2 heterocycles. The summed E-state index contributed by atoms with van der Waals surface area (Å²) in [5, 5.41) is 4.17. The van der Waals surface area contributed by atoms with Crippen LogP contribution in [-0.2, 0) is 11.3 Å².